The molecule has 2 heteroatoms. The van der Waals surface area contributed by atoms with E-state index in [0.717, 1.165) is 11.1 Å². The standard InChI is InChI=1S/C15H21NO/c1-15(2,3)13-9-4-6-11(14(13)17)10-16-12-7-5-8-12/h4,6,9-10,12,17H,5,7-8H2,1-3H3. The zero-order valence-corrected chi connectivity index (χ0v) is 10.9. The average molecular weight is 231 g/mol. The number of para-hydroxylation sites is 1. The molecule has 0 heterocycles. The van der Waals surface area contributed by atoms with E-state index in [-0.39, 0.29) is 5.41 Å². The third-order valence-electron chi connectivity index (χ3n) is 3.37. The smallest absolute Gasteiger partial charge is 0.128 e. The Morgan fingerprint density at radius 1 is 1.29 bits per heavy atom. The van der Waals surface area contributed by atoms with Crippen molar-refractivity contribution in [3.05, 3.63) is 29.3 Å². The predicted molar refractivity (Wildman–Crippen MR) is 72.0 cm³/mol. The fourth-order valence-corrected chi connectivity index (χ4v) is 1.99. The van der Waals surface area contributed by atoms with Crippen LogP contribution in [0.15, 0.2) is 23.2 Å². The van der Waals surface area contributed by atoms with Crippen LogP contribution in [-0.4, -0.2) is 17.4 Å². The summed E-state index contributed by atoms with van der Waals surface area (Å²) >= 11 is 0. The third-order valence-corrected chi connectivity index (χ3v) is 3.37. The van der Waals surface area contributed by atoms with E-state index in [4.69, 9.17) is 0 Å². The predicted octanol–water partition coefficient (Wildman–Crippen LogP) is 3.66. The molecule has 0 aliphatic heterocycles. The number of hydrogen-bond acceptors (Lipinski definition) is 2. The summed E-state index contributed by atoms with van der Waals surface area (Å²) in [6.45, 7) is 6.32. The largest absolute Gasteiger partial charge is 0.507 e. The van der Waals surface area contributed by atoms with E-state index in [1.54, 1.807) is 0 Å². The molecule has 1 saturated carbocycles. The summed E-state index contributed by atoms with van der Waals surface area (Å²) < 4.78 is 0. The lowest BCUT2D eigenvalue weighted by molar-refractivity contribution is 0.421. The molecule has 1 N–H and O–H groups in total. The molecular formula is C15H21NO. The Morgan fingerprint density at radius 3 is 2.53 bits per heavy atom. The SMILES string of the molecule is CC(C)(C)c1cccc(C=NC2CCC2)c1O. The minimum absolute atomic E-state index is 0.0373. The van der Waals surface area contributed by atoms with Crippen LogP contribution in [0, 0.1) is 0 Å². The van der Waals surface area contributed by atoms with Gasteiger partial charge in [0.05, 0.1) is 0 Å². The maximum absolute atomic E-state index is 10.2. The van der Waals surface area contributed by atoms with Gasteiger partial charge in [-0.15, -0.1) is 0 Å². The van der Waals surface area contributed by atoms with Gasteiger partial charge in [0.1, 0.15) is 5.75 Å². The van der Waals surface area contributed by atoms with Crippen molar-refractivity contribution in [3.8, 4) is 5.75 Å². The van der Waals surface area contributed by atoms with Crippen molar-refractivity contribution in [2.45, 2.75) is 51.5 Å². The van der Waals surface area contributed by atoms with Gasteiger partial charge in [0.15, 0.2) is 0 Å². The fourth-order valence-electron chi connectivity index (χ4n) is 1.99. The van der Waals surface area contributed by atoms with Crippen LogP contribution in [0.2, 0.25) is 0 Å². The van der Waals surface area contributed by atoms with E-state index < -0.39 is 0 Å². The molecule has 0 radical (unpaired) electrons. The molecule has 0 spiro atoms. The number of aliphatic imine (C=N–C) groups is 1. The van der Waals surface area contributed by atoms with E-state index in [0.29, 0.717) is 11.8 Å². The van der Waals surface area contributed by atoms with Crippen molar-refractivity contribution in [3.63, 3.8) is 0 Å². The van der Waals surface area contributed by atoms with Crippen LogP contribution in [0.25, 0.3) is 0 Å². The van der Waals surface area contributed by atoms with E-state index in [1.807, 2.05) is 24.4 Å². The molecule has 1 aliphatic carbocycles. The highest BCUT2D eigenvalue weighted by Gasteiger charge is 2.19. The summed E-state index contributed by atoms with van der Waals surface area (Å²) in [5.74, 6) is 0.378. The number of hydrogen-bond donors (Lipinski definition) is 1. The molecule has 2 rings (SSSR count). The Kier molecular flexibility index (Phi) is 3.23. The number of aromatic hydroxyl groups is 1. The molecule has 2 nitrogen and oxygen atoms in total. The van der Waals surface area contributed by atoms with Crippen LogP contribution in [0.5, 0.6) is 5.75 Å². The van der Waals surface area contributed by atoms with Gasteiger partial charge >= 0.3 is 0 Å². The van der Waals surface area contributed by atoms with Crippen LogP contribution in [0.4, 0.5) is 0 Å². The van der Waals surface area contributed by atoms with Gasteiger partial charge in [-0.1, -0.05) is 32.9 Å². The van der Waals surface area contributed by atoms with Crippen molar-refractivity contribution >= 4 is 6.21 Å². The molecule has 0 atom stereocenters. The van der Waals surface area contributed by atoms with Gasteiger partial charge in [-0.05, 0) is 36.3 Å². The first-order valence-corrected chi connectivity index (χ1v) is 6.34. The molecule has 0 bridgehead atoms. The summed E-state index contributed by atoms with van der Waals surface area (Å²) in [7, 11) is 0. The van der Waals surface area contributed by atoms with Crippen molar-refractivity contribution in [2.24, 2.45) is 4.99 Å². The minimum atomic E-state index is -0.0373. The quantitative estimate of drug-likeness (QED) is 0.774. The Labute approximate surface area is 103 Å². The molecule has 1 aromatic carbocycles. The number of benzene rings is 1. The molecular weight excluding hydrogens is 210 g/mol. The molecule has 1 aromatic rings. The lowest BCUT2D eigenvalue weighted by Crippen LogP contribution is -2.15. The summed E-state index contributed by atoms with van der Waals surface area (Å²) in [5, 5.41) is 10.2. The first-order valence-electron chi connectivity index (χ1n) is 6.34. The zero-order chi connectivity index (χ0) is 12.5. The average Bonchev–Trinajstić information content (AvgIpc) is 2.16. The second-order valence-electron chi connectivity index (χ2n) is 5.86. The topological polar surface area (TPSA) is 32.6 Å². The maximum atomic E-state index is 10.2. The molecule has 0 saturated heterocycles. The molecule has 17 heavy (non-hydrogen) atoms. The first-order chi connectivity index (χ1) is 7.98. The van der Waals surface area contributed by atoms with Gasteiger partial charge in [0.25, 0.3) is 0 Å². The van der Waals surface area contributed by atoms with Crippen molar-refractivity contribution in [1.82, 2.24) is 0 Å². The van der Waals surface area contributed by atoms with Crippen LogP contribution >= 0.6 is 0 Å². The Hall–Kier alpha value is -1.31. The van der Waals surface area contributed by atoms with E-state index >= 15 is 0 Å². The van der Waals surface area contributed by atoms with Gasteiger partial charge in [-0.2, -0.15) is 0 Å². The van der Waals surface area contributed by atoms with Crippen LogP contribution in [-0.2, 0) is 5.41 Å². The highest BCUT2D eigenvalue weighted by Crippen LogP contribution is 2.32. The van der Waals surface area contributed by atoms with Gasteiger partial charge in [0, 0.05) is 17.8 Å². The lowest BCUT2D eigenvalue weighted by atomic mass is 9.85. The van der Waals surface area contributed by atoms with Gasteiger partial charge in [-0.25, -0.2) is 0 Å². The Bertz CT molecular complexity index is 425. The maximum Gasteiger partial charge on any atom is 0.128 e. The molecule has 1 aliphatic rings. The van der Waals surface area contributed by atoms with E-state index in [2.05, 4.69) is 25.8 Å². The van der Waals surface area contributed by atoms with Crippen LogP contribution < -0.4 is 0 Å². The summed E-state index contributed by atoms with van der Waals surface area (Å²) in [4.78, 5) is 4.50. The van der Waals surface area contributed by atoms with Crippen molar-refractivity contribution in [2.75, 3.05) is 0 Å². The number of phenolic OH excluding ortho intramolecular Hbond substituents is 1. The molecule has 0 aromatic heterocycles. The van der Waals surface area contributed by atoms with Gasteiger partial charge in [-0.3, -0.25) is 4.99 Å². The monoisotopic (exact) mass is 231 g/mol. The van der Waals surface area contributed by atoms with E-state index in [9.17, 15) is 5.11 Å². The van der Waals surface area contributed by atoms with Gasteiger partial charge < -0.3 is 5.11 Å². The summed E-state index contributed by atoms with van der Waals surface area (Å²) in [5.41, 5.74) is 1.78. The fraction of sp³-hybridized carbons (Fsp3) is 0.533. The van der Waals surface area contributed by atoms with Crippen LogP contribution in [0.1, 0.15) is 51.2 Å². The van der Waals surface area contributed by atoms with Crippen molar-refractivity contribution in [1.29, 1.82) is 0 Å². The zero-order valence-electron chi connectivity index (χ0n) is 10.9. The summed E-state index contributed by atoms with van der Waals surface area (Å²) in [6, 6.07) is 6.37. The third kappa shape index (κ3) is 2.68. The second kappa shape index (κ2) is 4.52. The highest BCUT2D eigenvalue weighted by molar-refractivity contribution is 5.84. The molecule has 0 amide bonds. The first kappa shape index (κ1) is 12.2. The number of nitrogens with zero attached hydrogens (tertiary/aromatic N) is 1. The Morgan fingerprint density at radius 2 is 2.00 bits per heavy atom. The molecule has 0 unspecified atom stereocenters. The van der Waals surface area contributed by atoms with Crippen LogP contribution in [0.3, 0.4) is 0 Å². The number of phenols is 1. The Balaban J connectivity index is 2.25. The summed E-state index contributed by atoms with van der Waals surface area (Å²) in [6.07, 6.45) is 5.50. The lowest BCUT2D eigenvalue weighted by Gasteiger charge is -2.22. The number of rotatable bonds is 2. The normalized spacial score (nSPS) is 17.4. The van der Waals surface area contributed by atoms with E-state index in [1.165, 1.54) is 19.3 Å². The minimum Gasteiger partial charge on any atom is -0.507 e. The van der Waals surface area contributed by atoms with Crippen molar-refractivity contribution < 1.29 is 5.11 Å². The molecule has 92 valence electrons. The second-order valence-corrected chi connectivity index (χ2v) is 5.86. The highest BCUT2D eigenvalue weighted by atomic mass is 16.3. The van der Waals surface area contributed by atoms with Gasteiger partial charge in [0.2, 0.25) is 0 Å². The molecule has 1 fully saturated rings.